The highest BCUT2D eigenvalue weighted by Crippen LogP contribution is 2.35. The molecule has 2 rings (SSSR count). The van der Waals surface area contributed by atoms with Crippen molar-refractivity contribution >= 4 is 9.84 Å². The maximum absolute atomic E-state index is 11.6. The molecule has 0 spiro atoms. The Labute approximate surface area is 86.9 Å². The molecule has 0 bridgehead atoms. The fourth-order valence-electron chi connectivity index (χ4n) is 1.35. The van der Waals surface area contributed by atoms with E-state index in [1.807, 2.05) is 0 Å². The number of hydrogen-bond donors (Lipinski definition) is 1. The molecule has 6 nitrogen and oxygen atoms in total. The van der Waals surface area contributed by atoms with Gasteiger partial charge in [0, 0.05) is 6.26 Å². The second kappa shape index (κ2) is 3.14. The molecule has 1 saturated heterocycles. The van der Waals surface area contributed by atoms with Gasteiger partial charge in [0.2, 0.25) is 0 Å². The van der Waals surface area contributed by atoms with Gasteiger partial charge in [-0.2, -0.15) is 0 Å². The van der Waals surface area contributed by atoms with Crippen molar-refractivity contribution in [2.75, 3.05) is 19.5 Å². The van der Waals surface area contributed by atoms with E-state index >= 15 is 0 Å². The molecule has 15 heavy (non-hydrogen) atoms. The number of aromatic hydroxyl groups is 1. The van der Waals surface area contributed by atoms with Gasteiger partial charge in [0.1, 0.15) is 0 Å². The van der Waals surface area contributed by atoms with Gasteiger partial charge in [-0.25, -0.2) is 18.4 Å². The summed E-state index contributed by atoms with van der Waals surface area (Å²) in [5, 5.41) is 9.01. The Hall–Kier alpha value is -1.21. The Morgan fingerprint density at radius 2 is 1.93 bits per heavy atom. The average molecular weight is 230 g/mol. The van der Waals surface area contributed by atoms with E-state index in [1.165, 1.54) is 12.4 Å². The molecule has 0 unspecified atom stereocenters. The highest BCUT2D eigenvalue weighted by molar-refractivity contribution is 7.91. The number of sulfone groups is 1. The van der Waals surface area contributed by atoms with Crippen LogP contribution in [0.3, 0.4) is 0 Å². The first-order chi connectivity index (χ1) is 6.96. The molecule has 0 radical (unpaired) electrons. The van der Waals surface area contributed by atoms with Gasteiger partial charge in [0.05, 0.1) is 25.6 Å². The summed E-state index contributed by atoms with van der Waals surface area (Å²) >= 11 is 0. The highest BCUT2D eigenvalue weighted by atomic mass is 32.2. The van der Waals surface area contributed by atoms with Crippen molar-refractivity contribution in [2.45, 2.75) is 4.75 Å². The van der Waals surface area contributed by atoms with Gasteiger partial charge in [-0.05, 0) is 0 Å². The zero-order chi connectivity index (χ0) is 11.1. The van der Waals surface area contributed by atoms with Gasteiger partial charge in [0.15, 0.2) is 26.2 Å². The minimum absolute atomic E-state index is 0.0661. The molecule has 1 aromatic heterocycles. The third kappa shape index (κ3) is 1.47. The van der Waals surface area contributed by atoms with Crippen LogP contribution < -0.4 is 0 Å². The van der Waals surface area contributed by atoms with Gasteiger partial charge < -0.3 is 9.84 Å². The van der Waals surface area contributed by atoms with Crippen LogP contribution in [-0.2, 0) is 19.3 Å². The summed E-state index contributed by atoms with van der Waals surface area (Å²) in [5.41, 5.74) is 0. The van der Waals surface area contributed by atoms with E-state index in [9.17, 15) is 8.42 Å². The smallest absolute Gasteiger partial charge is 0.177 e. The predicted molar refractivity (Wildman–Crippen MR) is 51.0 cm³/mol. The van der Waals surface area contributed by atoms with E-state index < -0.39 is 14.6 Å². The van der Waals surface area contributed by atoms with Crippen LogP contribution in [0.15, 0.2) is 12.4 Å². The van der Waals surface area contributed by atoms with Crippen molar-refractivity contribution in [3.63, 3.8) is 0 Å². The summed E-state index contributed by atoms with van der Waals surface area (Å²) in [7, 11) is -3.33. The minimum atomic E-state index is -3.33. The fourth-order valence-corrected chi connectivity index (χ4v) is 2.38. The monoisotopic (exact) mass is 230 g/mol. The fraction of sp³-hybridized carbons (Fsp3) is 0.500. The van der Waals surface area contributed by atoms with Crippen molar-refractivity contribution in [3.05, 3.63) is 18.2 Å². The zero-order valence-electron chi connectivity index (χ0n) is 8.04. The SMILES string of the molecule is CS(=O)(=O)C1(c2ncc(O)cn2)COC1. The molecule has 82 valence electrons. The van der Waals surface area contributed by atoms with E-state index in [0.717, 1.165) is 6.26 Å². The summed E-state index contributed by atoms with van der Waals surface area (Å²) in [5.74, 6) is 0.0803. The average Bonchev–Trinajstić information content (AvgIpc) is 2.03. The zero-order valence-corrected chi connectivity index (χ0v) is 8.86. The number of rotatable bonds is 2. The molecule has 0 aromatic carbocycles. The van der Waals surface area contributed by atoms with Crippen molar-refractivity contribution in [1.82, 2.24) is 9.97 Å². The number of nitrogens with zero attached hydrogens (tertiary/aromatic N) is 2. The van der Waals surface area contributed by atoms with Crippen LogP contribution in [0.4, 0.5) is 0 Å². The van der Waals surface area contributed by atoms with Crippen LogP contribution in [0.1, 0.15) is 5.82 Å². The summed E-state index contributed by atoms with van der Waals surface area (Å²) < 4.78 is 27.0. The van der Waals surface area contributed by atoms with Crippen molar-refractivity contribution in [3.8, 4) is 5.75 Å². The minimum Gasteiger partial charge on any atom is -0.505 e. The number of ether oxygens (including phenoxy) is 1. The second-order valence-corrected chi connectivity index (χ2v) is 5.85. The summed E-state index contributed by atoms with van der Waals surface area (Å²) in [6, 6.07) is 0. The maximum atomic E-state index is 11.6. The van der Waals surface area contributed by atoms with Crippen molar-refractivity contribution in [1.29, 1.82) is 0 Å². The van der Waals surface area contributed by atoms with Crippen LogP contribution in [0.5, 0.6) is 5.75 Å². The molecule has 0 atom stereocenters. The van der Waals surface area contributed by atoms with Gasteiger partial charge in [-0.15, -0.1) is 0 Å². The highest BCUT2D eigenvalue weighted by Gasteiger charge is 2.52. The lowest BCUT2D eigenvalue weighted by Crippen LogP contribution is -2.53. The van der Waals surface area contributed by atoms with E-state index in [0.29, 0.717) is 0 Å². The second-order valence-electron chi connectivity index (χ2n) is 3.52. The van der Waals surface area contributed by atoms with E-state index in [1.54, 1.807) is 0 Å². The predicted octanol–water partition coefficient (Wildman–Crippen LogP) is -0.548. The maximum Gasteiger partial charge on any atom is 0.177 e. The molecule has 0 saturated carbocycles. The van der Waals surface area contributed by atoms with Crippen molar-refractivity contribution < 1.29 is 18.3 Å². The quantitative estimate of drug-likeness (QED) is 0.733. The molecule has 2 heterocycles. The van der Waals surface area contributed by atoms with Crippen molar-refractivity contribution in [2.24, 2.45) is 0 Å². The van der Waals surface area contributed by atoms with E-state index in [4.69, 9.17) is 9.84 Å². The molecule has 1 aliphatic rings. The van der Waals surface area contributed by atoms with Crippen LogP contribution >= 0.6 is 0 Å². The Morgan fingerprint density at radius 1 is 1.40 bits per heavy atom. The summed E-state index contributed by atoms with van der Waals surface area (Å²) in [6.07, 6.45) is 3.48. The number of aromatic nitrogens is 2. The lowest BCUT2D eigenvalue weighted by atomic mass is 10.1. The third-order valence-corrected chi connectivity index (χ3v) is 4.26. The molecule has 7 heteroatoms. The van der Waals surface area contributed by atoms with Crippen LogP contribution in [0.2, 0.25) is 0 Å². The molecule has 1 fully saturated rings. The van der Waals surface area contributed by atoms with Gasteiger partial charge in [0.25, 0.3) is 0 Å². The molecule has 1 aromatic rings. The van der Waals surface area contributed by atoms with Gasteiger partial charge >= 0.3 is 0 Å². The van der Waals surface area contributed by atoms with Crippen LogP contribution in [0.25, 0.3) is 0 Å². The molecule has 1 aliphatic heterocycles. The van der Waals surface area contributed by atoms with Crippen LogP contribution in [0, 0.1) is 0 Å². The first-order valence-corrected chi connectivity index (χ1v) is 6.14. The third-order valence-electron chi connectivity index (χ3n) is 2.43. The van der Waals surface area contributed by atoms with Crippen LogP contribution in [-0.4, -0.2) is 43.0 Å². The topological polar surface area (TPSA) is 89.4 Å². The normalized spacial score (nSPS) is 19.5. The molecular weight excluding hydrogens is 220 g/mol. The number of hydrogen-bond acceptors (Lipinski definition) is 6. The first-order valence-electron chi connectivity index (χ1n) is 4.24. The summed E-state index contributed by atoms with van der Waals surface area (Å²) in [6.45, 7) is 0.132. The molecular formula is C8H10N2O4S. The Bertz CT molecular complexity index is 464. The van der Waals surface area contributed by atoms with Gasteiger partial charge in [-0.3, -0.25) is 0 Å². The molecule has 0 amide bonds. The standard InChI is InChI=1S/C8H10N2O4S/c1-15(12,13)8(4-14-5-8)7-9-2-6(11)3-10-7/h2-3,11H,4-5H2,1H3. The lowest BCUT2D eigenvalue weighted by molar-refractivity contribution is -0.0195. The van der Waals surface area contributed by atoms with E-state index in [2.05, 4.69) is 9.97 Å². The lowest BCUT2D eigenvalue weighted by Gasteiger charge is -2.37. The Morgan fingerprint density at radius 3 is 2.27 bits per heavy atom. The molecule has 1 N–H and O–H groups in total. The Kier molecular flexibility index (Phi) is 2.16. The summed E-state index contributed by atoms with van der Waals surface area (Å²) in [4.78, 5) is 7.64. The largest absolute Gasteiger partial charge is 0.505 e. The Balaban J connectivity index is 2.48. The molecule has 0 aliphatic carbocycles. The van der Waals surface area contributed by atoms with E-state index in [-0.39, 0.29) is 24.8 Å². The van der Waals surface area contributed by atoms with Gasteiger partial charge in [-0.1, -0.05) is 0 Å². The first kappa shape index (κ1) is 10.3.